The van der Waals surface area contributed by atoms with E-state index in [9.17, 15) is 14.6 Å². The molecular weight excluding hydrogens is 288 g/mol. The predicted molar refractivity (Wildman–Crippen MR) is 60.6 cm³/mol. The lowest BCUT2D eigenvalue weighted by Gasteiger charge is -2.18. The van der Waals surface area contributed by atoms with Crippen molar-refractivity contribution in [2.45, 2.75) is 12.2 Å². The molecule has 0 fully saturated rings. The van der Waals surface area contributed by atoms with Gasteiger partial charge in [-0.05, 0) is 12.1 Å². The quantitative estimate of drug-likeness (QED) is 0.589. The minimum absolute atomic E-state index is 0.0898. The van der Waals surface area contributed by atoms with Gasteiger partial charge in [0.2, 0.25) is 0 Å². The van der Waals surface area contributed by atoms with Crippen molar-refractivity contribution >= 4 is 33.2 Å². The Balaban J connectivity index is 3.13. The first kappa shape index (κ1) is 12.7. The van der Waals surface area contributed by atoms with Gasteiger partial charge in [-0.2, -0.15) is 0 Å². The Morgan fingerprint density at radius 3 is 2.60 bits per heavy atom. The zero-order valence-corrected chi connectivity index (χ0v) is 9.96. The van der Waals surface area contributed by atoms with Gasteiger partial charge in [-0.1, -0.05) is 27.5 Å². The summed E-state index contributed by atoms with van der Waals surface area (Å²) in [6.45, 7) is 0. The highest BCUT2D eigenvalue weighted by atomic mass is 79.9. The number of hydrogen-bond donors (Lipinski definition) is 3. The molecule has 0 bridgehead atoms. The molecule has 0 aromatic heterocycles. The van der Waals surface area contributed by atoms with Gasteiger partial charge in [0.1, 0.15) is 11.9 Å². The lowest BCUT2D eigenvalue weighted by atomic mass is 10.0. The molecule has 0 aliphatic carbocycles. The number of alkyl halides is 1. The molecule has 1 aromatic rings. The normalized spacial score (nSPS) is 15.0. The lowest BCUT2D eigenvalue weighted by Crippen LogP contribution is -2.21. The number of nitrogens with two attached hydrogens (primary N) is 1. The minimum Gasteiger partial charge on any atom is -0.396 e. The average Bonchev–Trinajstić information content (AvgIpc) is 2.21. The molecule has 2 unspecified atom stereocenters. The molecule has 1 rings (SSSR count). The molecule has 0 saturated carbocycles. The third kappa shape index (κ3) is 2.81. The van der Waals surface area contributed by atoms with Crippen LogP contribution in [0.25, 0.3) is 0 Å². The van der Waals surface area contributed by atoms with Gasteiger partial charge in [0.05, 0.1) is 11.8 Å². The fourth-order valence-corrected chi connectivity index (χ4v) is 1.71. The first-order valence-electron chi connectivity index (χ1n) is 4.14. The van der Waals surface area contributed by atoms with Gasteiger partial charge in [0, 0.05) is 15.9 Å². The summed E-state index contributed by atoms with van der Waals surface area (Å²) in [7, 11) is 0. The molecule has 84 valence electrons. The van der Waals surface area contributed by atoms with Gasteiger partial charge < -0.3 is 15.9 Å². The third-order valence-electron chi connectivity index (χ3n) is 1.97. The zero-order valence-electron chi connectivity index (χ0n) is 7.62. The number of hydrogen-bond acceptors (Lipinski definition) is 3. The molecule has 0 amide bonds. The molecule has 15 heavy (non-hydrogen) atoms. The second kappa shape index (κ2) is 5.12. The van der Waals surface area contributed by atoms with Gasteiger partial charge in [-0.25, -0.2) is 4.39 Å². The molecule has 6 heteroatoms. The van der Waals surface area contributed by atoms with E-state index < -0.39 is 18.0 Å². The standard InChI is InChI=1S/C9H10BrClFNO2/c10-3-7(14)9(15)5-1-4(11)2-6(12)8(5)13/h1-2,7,9,14-15H,3,13H2. The summed E-state index contributed by atoms with van der Waals surface area (Å²) in [5.41, 5.74) is 5.31. The summed E-state index contributed by atoms with van der Waals surface area (Å²) in [5.74, 6) is -0.710. The molecule has 0 aliphatic heterocycles. The highest BCUT2D eigenvalue weighted by Crippen LogP contribution is 2.29. The molecule has 2 atom stereocenters. The van der Waals surface area contributed by atoms with Crippen LogP contribution < -0.4 is 5.73 Å². The van der Waals surface area contributed by atoms with Crippen molar-refractivity contribution in [2.24, 2.45) is 0 Å². The second-order valence-corrected chi connectivity index (χ2v) is 4.14. The molecular formula is C9H10BrClFNO2. The average molecular weight is 299 g/mol. The Morgan fingerprint density at radius 1 is 1.47 bits per heavy atom. The first-order valence-corrected chi connectivity index (χ1v) is 5.63. The smallest absolute Gasteiger partial charge is 0.147 e. The van der Waals surface area contributed by atoms with E-state index in [1.807, 2.05) is 0 Å². The largest absolute Gasteiger partial charge is 0.396 e. The molecule has 0 spiro atoms. The molecule has 0 aliphatic rings. The summed E-state index contributed by atoms with van der Waals surface area (Å²) >= 11 is 8.61. The number of halogens is 3. The van der Waals surface area contributed by atoms with E-state index in [1.54, 1.807) is 0 Å². The van der Waals surface area contributed by atoms with Crippen molar-refractivity contribution in [1.29, 1.82) is 0 Å². The topological polar surface area (TPSA) is 66.5 Å². The van der Waals surface area contributed by atoms with E-state index >= 15 is 0 Å². The summed E-state index contributed by atoms with van der Waals surface area (Å²) in [6.07, 6.45) is -2.33. The molecule has 1 aromatic carbocycles. The van der Waals surface area contributed by atoms with E-state index in [-0.39, 0.29) is 21.6 Å². The maximum absolute atomic E-state index is 13.2. The van der Waals surface area contributed by atoms with Crippen LogP contribution in [0.4, 0.5) is 10.1 Å². The summed E-state index contributed by atoms with van der Waals surface area (Å²) in [4.78, 5) is 0. The Hall–Kier alpha value is -0.360. The number of aliphatic hydroxyl groups is 2. The van der Waals surface area contributed by atoms with Crippen LogP contribution in [-0.4, -0.2) is 21.6 Å². The highest BCUT2D eigenvalue weighted by Gasteiger charge is 2.21. The molecule has 0 heterocycles. The van der Waals surface area contributed by atoms with E-state index in [2.05, 4.69) is 15.9 Å². The van der Waals surface area contributed by atoms with E-state index in [0.717, 1.165) is 6.07 Å². The monoisotopic (exact) mass is 297 g/mol. The van der Waals surface area contributed by atoms with Crippen LogP contribution in [0.15, 0.2) is 12.1 Å². The van der Waals surface area contributed by atoms with E-state index in [0.29, 0.717) is 0 Å². The third-order valence-corrected chi connectivity index (χ3v) is 2.85. The summed E-state index contributed by atoms with van der Waals surface area (Å²) in [6, 6.07) is 2.38. The predicted octanol–water partition coefficient (Wildman–Crippen LogP) is 1.85. The van der Waals surface area contributed by atoms with Gasteiger partial charge in [0.25, 0.3) is 0 Å². The molecule has 4 N–H and O–H groups in total. The molecule has 0 saturated heterocycles. The van der Waals surface area contributed by atoms with Crippen LogP contribution >= 0.6 is 27.5 Å². The minimum atomic E-state index is -1.27. The van der Waals surface area contributed by atoms with Crippen LogP contribution in [0, 0.1) is 5.82 Å². The number of anilines is 1. The van der Waals surface area contributed by atoms with Gasteiger partial charge in [0.15, 0.2) is 0 Å². The number of benzene rings is 1. The Morgan fingerprint density at radius 2 is 2.07 bits per heavy atom. The van der Waals surface area contributed by atoms with E-state index in [1.165, 1.54) is 6.07 Å². The van der Waals surface area contributed by atoms with Crippen LogP contribution in [0.3, 0.4) is 0 Å². The number of nitrogen functional groups attached to an aromatic ring is 1. The van der Waals surface area contributed by atoms with Crippen molar-refractivity contribution in [3.63, 3.8) is 0 Å². The highest BCUT2D eigenvalue weighted by molar-refractivity contribution is 9.09. The van der Waals surface area contributed by atoms with Gasteiger partial charge >= 0.3 is 0 Å². The van der Waals surface area contributed by atoms with Gasteiger partial charge in [-0.3, -0.25) is 0 Å². The Bertz CT molecular complexity index is 364. The fraction of sp³-hybridized carbons (Fsp3) is 0.333. The number of rotatable bonds is 3. The van der Waals surface area contributed by atoms with Crippen molar-refractivity contribution < 1.29 is 14.6 Å². The summed E-state index contributed by atoms with van der Waals surface area (Å²) in [5, 5.41) is 19.3. The Kier molecular flexibility index (Phi) is 4.33. The second-order valence-electron chi connectivity index (χ2n) is 3.06. The zero-order chi connectivity index (χ0) is 11.6. The summed E-state index contributed by atoms with van der Waals surface area (Å²) < 4.78 is 13.2. The van der Waals surface area contributed by atoms with E-state index in [4.69, 9.17) is 17.3 Å². The first-order chi connectivity index (χ1) is 6.97. The van der Waals surface area contributed by atoms with Crippen molar-refractivity contribution in [2.75, 3.05) is 11.1 Å². The van der Waals surface area contributed by atoms with Crippen LogP contribution in [0.5, 0.6) is 0 Å². The van der Waals surface area contributed by atoms with Crippen molar-refractivity contribution in [3.05, 3.63) is 28.5 Å². The SMILES string of the molecule is Nc1c(F)cc(Cl)cc1C(O)C(O)CBr. The van der Waals surface area contributed by atoms with Crippen LogP contribution in [0.2, 0.25) is 5.02 Å². The maximum atomic E-state index is 13.2. The lowest BCUT2D eigenvalue weighted by molar-refractivity contribution is 0.0346. The van der Waals surface area contributed by atoms with Gasteiger partial charge in [-0.15, -0.1) is 0 Å². The maximum Gasteiger partial charge on any atom is 0.147 e. The number of aliphatic hydroxyl groups excluding tert-OH is 2. The van der Waals surface area contributed by atoms with Crippen molar-refractivity contribution in [1.82, 2.24) is 0 Å². The fourth-order valence-electron chi connectivity index (χ4n) is 1.14. The Labute approximate surface area is 99.8 Å². The van der Waals surface area contributed by atoms with Crippen LogP contribution in [-0.2, 0) is 0 Å². The van der Waals surface area contributed by atoms with Crippen molar-refractivity contribution in [3.8, 4) is 0 Å². The van der Waals surface area contributed by atoms with Crippen LogP contribution in [0.1, 0.15) is 11.7 Å². The molecule has 3 nitrogen and oxygen atoms in total. The molecule has 0 radical (unpaired) electrons.